The average Bonchev–Trinajstić information content (AvgIpc) is 2.12. The molecule has 0 saturated heterocycles. The van der Waals surface area contributed by atoms with Crippen molar-refractivity contribution in [2.75, 3.05) is 6.61 Å². The van der Waals surface area contributed by atoms with Crippen LogP contribution in [-0.2, 0) is 17.8 Å². The minimum absolute atomic E-state index is 0. The van der Waals surface area contributed by atoms with Gasteiger partial charge in [-0.3, -0.25) is 0 Å². The van der Waals surface area contributed by atoms with Crippen LogP contribution >= 0.6 is 0 Å². The first-order chi connectivity index (χ1) is 7.66. The lowest BCUT2D eigenvalue weighted by Gasteiger charge is -2.31. The Morgan fingerprint density at radius 3 is 1.95 bits per heavy atom. The van der Waals surface area contributed by atoms with Gasteiger partial charge in [-0.2, -0.15) is 0 Å². The summed E-state index contributed by atoms with van der Waals surface area (Å²) in [6, 6.07) is 0.824. The second kappa shape index (κ2) is 14.7. The van der Waals surface area contributed by atoms with Gasteiger partial charge >= 0.3 is 14.5 Å². The summed E-state index contributed by atoms with van der Waals surface area (Å²) in [5, 5.41) is 0. The molecule has 0 aromatic rings. The van der Waals surface area contributed by atoms with E-state index in [1.165, 1.54) is 6.08 Å². The fraction of sp³-hybridized carbons (Fsp3) is 0.786. The van der Waals surface area contributed by atoms with Gasteiger partial charge in [-0.15, -0.1) is 0 Å². The molecule has 0 aliphatic rings. The van der Waals surface area contributed by atoms with Gasteiger partial charge in [0.15, 0.2) is 18.1 Å². The molecule has 0 rings (SSSR count). The molecule has 0 aromatic heterocycles. The maximum Gasteiger partial charge on any atom is 0.330 e. The van der Waals surface area contributed by atoms with Crippen LogP contribution < -0.4 is 0 Å². The van der Waals surface area contributed by atoms with Crippen LogP contribution in [0, 0.1) is 0 Å². The Kier molecular flexibility index (Phi) is 22.9. The van der Waals surface area contributed by atoms with Crippen molar-refractivity contribution in [3.8, 4) is 0 Å². The first-order valence-corrected chi connectivity index (χ1v) is 13.6. The third-order valence-corrected chi connectivity index (χ3v) is 10.3. The zero-order valence-corrected chi connectivity index (χ0v) is 15.0. The molecule has 0 saturated carbocycles. The molecule has 0 aliphatic carbocycles. The van der Waals surface area contributed by atoms with Crippen LogP contribution in [0.5, 0.6) is 0 Å². The molecule has 21 heavy (non-hydrogen) atoms. The minimum Gasteiger partial charge on any atom is -0.463 e. The summed E-state index contributed by atoms with van der Waals surface area (Å²) in [4.78, 5) is 10.8. The molecule has 0 atom stereocenters. The van der Waals surface area contributed by atoms with Crippen LogP contribution in [0.2, 0.25) is 38.8 Å². The fourth-order valence-electron chi connectivity index (χ4n) is 1.38. The van der Waals surface area contributed by atoms with Gasteiger partial charge in [-0.05, 0) is 38.8 Å². The lowest BCUT2D eigenvalue weighted by Crippen LogP contribution is -2.45. The molecule has 0 fully saturated rings. The summed E-state index contributed by atoms with van der Waals surface area (Å²) in [5.74, 6) is -0.367. The minimum atomic E-state index is -1.96. The molecule has 7 heteroatoms. The maximum atomic E-state index is 10.8. The highest BCUT2D eigenvalue weighted by Gasteiger charge is 2.30. The van der Waals surface area contributed by atoms with Crippen LogP contribution in [-0.4, -0.2) is 39.2 Å². The van der Waals surface area contributed by atoms with Crippen molar-refractivity contribution in [3.05, 3.63) is 12.7 Å². The molecule has 0 N–H and O–H groups in total. The van der Waals surface area contributed by atoms with E-state index >= 15 is 0 Å². The number of rotatable bonds is 8. The first-order valence-electron chi connectivity index (χ1n) is 5.79. The molecule has 0 aromatic carbocycles. The van der Waals surface area contributed by atoms with Crippen molar-refractivity contribution < 1.29 is 17.8 Å². The number of esters is 1. The molecule has 0 unspecified atom stereocenters. The van der Waals surface area contributed by atoms with Gasteiger partial charge in [-0.25, -0.2) is 4.79 Å². The average molecular weight is 357 g/mol. The maximum absolute atomic E-state index is 10.8. The molecule has 132 valence electrons. The second-order valence-corrected chi connectivity index (χ2v) is 15.3. The van der Waals surface area contributed by atoms with Crippen molar-refractivity contribution >= 4 is 32.6 Å². The number of ether oxygens (including phenoxy) is 1. The Balaban J connectivity index is -0.000000213. The van der Waals surface area contributed by atoms with E-state index in [4.69, 9.17) is 13.0 Å². The molecular weight excluding hydrogens is 316 g/mol. The van der Waals surface area contributed by atoms with E-state index in [1.54, 1.807) is 0 Å². The Morgan fingerprint density at radius 2 is 1.57 bits per heavy atom. The van der Waals surface area contributed by atoms with Gasteiger partial charge in [-0.1, -0.05) is 36.3 Å². The SMILES string of the molecule is C.C.C.C.C=CC(=O)OCC[SiH2]O[Si](C)(C)O[Si](C)(C)C. The highest BCUT2D eigenvalue weighted by Crippen LogP contribution is 2.14. The van der Waals surface area contributed by atoms with E-state index < -0.39 is 26.6 Å². The van der Waals surface area contributed by atoms with E-state index in [9.17, 15) is 4.79 Å². The summed E-state index contributed by atoms with van der Waals surface area (Å²) in [7, 11) is -4.15. The highest BCUT2D eigenvalue weighted by atomic mass is 28.5. The molecule has 4 nitrogen and oxygen atoms in total. The summed E-state index contributed by atoms with van der Waals surface area (Å²) >= 11 is 0. The van der Waals surface area contributed by atoms with Crippen LogP contribution in [0.15, 0.2) is 12.7 Å². The Hall–Kier alpha value is -0.219. The first kappa shape index (κ1) is 32.7. The molecule has 0 spiro atoms. The van der Waals surface area contributed by atoms with E-state index in [0.29, 0.717) is 6.61 Å². The van der Waals surface area contributed by atoms with Crippen molar-refractivity contribution in [2.24, 2.45) is 0 Å². The summed E-state index contributed by atoms with van der Waals surface area (Å²) in [6.07, 6.45) is 1.18. The molecular formula is C14H40O4Si3. The van der Waals surface area contributed by atoms with E-state index in [-0.39, 0.29) is 35.7 Å². The summed E-state index contributed by atoms with van der Waals surface area (Å²) in [6.45, 7) is 14.4. The number of hydrogen-bond acceptors (Lipinski definition) is 4. The third kappa shape index (κ3) is 22.2. The fourth-order valence-corrected chi connectivity index (χ4v) is 10.8. The summed E-state index contributed by atoms with van der Waals surface area (Å²) < 4.78 is 16.8. The van der Waals surface area contributed by atoms with E-state index in [1.807, 2.05) is 0 Å². The van der Waals surface area contributed by atoms with Gasteiger partial charge < -0.3 is 13.0 Å². The number of carbonyl (C=O) groups is 1. The predicted octanol–water partition coefficient (Wildman–Crippen LogP) is 4.33. The van der Waals surface area contributed by atoms with Crippen molar-refractivity contribution in [1.82, 2.24) is 0 Å². The zero-order valence-electron chi connectivity index (χ0n) is 11.5. The lowest BCUT2D eigenvalue weighted by molar-refractivity contribution is -0.137. The Bertz CT molecular complexity index is 263. The molecule has 0 radical (unpaired) electrons. The van der Waals surface area contributed by atoms with Crippen molar-refractivity contribution in [2.45, 2.75) is 68.5 Å². The quantitative estimate of drug-likeness (QED) is 0.281. The normalized spacial score (nSPS) is 10.5. The van der Waals surface area contributed by atoms with Crippen LogP contribution in [0.25, 0.3) is 0 Å². The molecule has 0 heterocycles. The topological polar surface area (TPSA) is 44.8 Å². The zero-order chi connectivity index (χ0) is 13.5. The van der Waals surface area contributed by atoms with Crippen LogP contribution in [0.3, 0.4) is 0 Å². The standard InChI is InChI=1S/C10H24O4Si3.4CH4/c1-7-10(11)12-8-9-15-13-17(5,6)14-16(2,3)4;;;;/h7H,1,8-9,15H2,2-6H3;4*1H4. The summed E-state index contributed by atoms with van der Waals surface area (Å²) in [5.41, 5.74) is 0. The van der Waals surface area contributed by atoms with Crippen molar-refractivity contribution in [3.63, 3.8) is 0 Å². The van der Waals surface area contributed by atoms with E-state index in [0.717, 1.165) is 6.04 Å². The van der Waals surface area contributed by atoms with Gasteiger partial charge in [0.25, 0.3) is 0 Å². The largest absolute Gasteiger partial charge is 0.463 e. The second-order valence-electron chi connectivity index (χ2n) is 5.19. The predicted molar refractivity (Wildman–Crippen MR) is 104 cm³/mol. The molecule has 0 bridgehead atoms. The van der Waals surface area contributed by atoms with Crippen molar-refractivity contribution in [1.29, 1.82) is 0 Å². The van der Waals surface area contributed by atoms with Gasteiger partial charge in [0.05, 0.1) is 6.61 Å². The number of carbonyl (C=O) groups excluding carboxylic acids is 1. The van der Waals surface area contributed by atoms with Crippen LogP contribution in [0.1, 0.15) is 29.7 Å². The monoisotopic (exact) mass is 356 g/mol. The van der Waals surface area contributed by atoms with E-state index in [2.05, 4.69) is 39.3 Å². The smallest absolute Gasteiger partial charge is 0.330 e. The Morgan fingerprint density at radius 1 is 1.10 bits per heavy atom. The van der Waals surface area contributed by atoms with Gasteiger partial charge in [0, 0.05) is 6.08 Å². The lowest BCUT2D eigenvalue weighted by atomic mass is 10.6. The van der Waals surface area contributed by atoms with Crippen LogP contribution in [0.4, 0.5) is 0 Å². The van der Waals surface area contributed by atoms with Gasteiger partial charge in [0.2, 0.25) is 0 Å². The molecule has 0 aliphatic heterocycles. The third-order valence-electron chi connectivity index (χ3n) is 1.70. The molecule has 0 amide bonds. The van der Waals surface area contributed by atoms with Gasteiger partial charge in [0.1, 0.15) is 0 Å². The Labute approximate surface area is 138 Å². The number of hydrogen-bond donors (Lipinski definition) is 0. The highest BCUT2D eigenvalue weighted by molar-refractivity contribution is 6.82.